The fraction of sp³-hybridized carbons (Fsp3) is 0.889. The van der Waals surface area contributed by atoms with E-state index in [4.69, 9.17) is 5.26 Å². The molecule has 0 radical (unpaired) electrons. The van der Waals surface area contributed by atoms with Crippen molar-refractivity contribution in [3.63, 3.8) is 0 Å². The second-order valence-electron chi connectivity index (χ2n) is 3.10. The third kappa shape index (κ3) is 9.50. The molecule has 88 valence electrons. The van der Waals surface area contributed by atoms with E-state index in [9.17, 15) is 13.2 Å². The molecule has 0 bridgehead atoms. The van der Waals surface area contributed by atoms with E-state index in [-0.39, 0.29) is 13.2 Å². The van der Waals surface area contributed by atoms with E-state index in [2.05, 4.69) is 4.74 Å². The van der Waals surface area contributed by atoms with Gasteiger partial charge in [0.2, 0.25) is 0 Å². The first-order chi connectivity index (χ1) is 6.99. The zero-order chi connectivity index (χ0) is 11.7. The van der Waals surface area contributed by atoms with Crippen molar-refractivity contribution in [3.05, 3.63) is 0 Å². The first-order valence-corrected chi connectivity index (χ1v) is 4.73. The summed E-state index contributed by atoms with van der Waals surface area (Å²) in [7, 11) is 0. The molecule has 0 rings (SSSR count). The maximum atomic E-state index is 11.7. The first-order valence-electron chi connectivity index (χ1n) is 4.73. The molecular weight excluding hydrogens is 209 g/mol. The average Bonchev–Trinajstić information content (AvgIpc) is 2.11. The Kier molecular flexibility index (Phi) is 7.09. The highest BCUT2D eigenvalue weighted by Gasteiger charge is 2.27. The second-order valence-corrected chi connectivity index (χ2v) is 3.10. The summed E-state index contributed by atoms with van der Waals surface area (Å²) in [4.78, 5) is 1.76. The fourth-order valence-electron chi connectivity index (χ4n) is 1.07. The third-order valence-corrected chi connectivity index (χ3v) is 1.65. The number of rotatable bonds is 7. The van der Waals surface area contributed by atoms with Crippen molar-refractivity contribution >= 4 is 0 Å². The molecule has 0 N–H and O–H groups in total. The number of nitriles is 1. The Bertz CT molecular complexity index is 201. The molecule has 0 atom stereocenters. The van der Waals surface area contributed by atoms with Crippen LogP contribution in [0.25, 0.3) is 0 Å². The van der Waals surface area contributed by atoms with Gasteiger partial charge < -0.3 is 4.74 Å². The van der Waals surface area contributed by atoms with Gasteiger partial charge in [0.1, 0.15) is 6.61 Å². The van der Waals surface area contributed by atoms with Gasteiger partial charge in [-0.15, -0.1) is 0 Å². The van der Waals surface area contributed by atoms with E-state index in [0.29, 0.717) is 13.1 Å². The van der Waals surface area contributed by atoms with Crippen molar-refractivity contribution in [2.24, 2.45) is 0 Å². The van der Waals surface area contributed by atoms with Crippen LogP contribution in [-0.2, 0) is 4.74 Å². The molecule has 0 aliphatic rings. The molecule has 3 nitrogen and oxygen atoms in total. The van der Waals surface area contributed by atoms with Gasteiger partial charge in [-0.25, -0.2) is 0 Å². The molecule has 0 heterocycles. The lowest BCUT2D eigenvalue weighted by Crippen LogP contribution is -2.30. The standard InChI is InChI=1S/C9H15F3N2O/c1-2-4-14(5-3-13)6-7-15-8-9(10,11)12/h2,4-8H2,1H3. The predicted molar refractivity (Wildman–Crippen MR) is 49.2 cm³/mol. The summed E-state index contributed by atoms with van der Waals surface area (Å²) in [5, 5.41) is 8.44. The Labute approximate surface area is 87.4 Å². The van der Waals surface area contributed by atoms with Crippen molar-refractivity contribution in [3.8, 4) is 6.07 Å². The molecular formula is C9H15F3N2O. The van der Waals surface area contributed by atoms with Crippen molar-refractivity contribution < 1.29 is 17.9 Å². The largest absolute Gasteiger partial charge is 0.411 e. The van der Waals surface area contributed by atoms with E-state index in [0.717, 1.165) is 6.42 Å². The minimum atomic E-state index is -4.27. The molecule has 0 amide bonds. The summed E-state index contributed by atoms with van der Waals surface area (Å²) in [5.74, 6) is 0. The van der Waals surface area contributed by atoms with Crippen LogP contribution in [0.2, 0.25) is 0 Å². The van der Waals surface area contributed by atoms with Crippen LogP contribution < -0.4 is 0 Å². The lowest BCUT2D eigenvalue weighted by Gasteiger charge is -2.18. The molecule has 0 aliphatic carbocycles. The third-order valence-electron chi connectivity index (χ3n) is 1.65. The van der Waals surface area contributed by atoms with Gasteiger partial charge in [0.25, 0.3) is 0 Å². The highest BCUT2D eigenvalue weighted by Crippen LogP contribution is 2.14. The van der Waals surface area contributed by atoms with Gasteiger partial charge in [-0.2, -0.15) is 18.4 Å². The summed E-state index contributed by atoms with van der Waals surface area (Å²) in [6, 6.07) is 1.96. The Balaban J connectivity index is 3.58. The van der Waals surface area contributed by atoms with E-state index in [1.54, 1.807) is 4.90 Å². The van der Waals surface area contributed by atoms with Crippen LogP contribution in [0.5, 0.6) is 0 Å². The zero-order valence-corrected chi connectivity index (χ0v) is 8.68. The summed E-state index contributed by atoms with van der Waals surface area (Å²) >= 11 is 0. The predicted octanol–water partition coefficient (Wildman–Crippen LogP) is 1.80. The van der Waals surface area contributed by atoms with Gasteiger partial charge in [-0.3, -0.25) is 4.90 Å². The SMILES string of the molecule is CCCN(CC#N)CCOCC(F)(F)F. The van der Waals surface area contributed by atoms with Crippen LogP contribution in [0.3, 0.4) is 0 Å². The molecule has 0 aliphatic heterocycles. The average molecular weight is 224 g/mol. The molecule has 0 aromatic carbocycles. The molecule has 0 aromatic rings. The second kappa shape index (κ2) is 7.49. The molecule has 0 fully saturated rings. The van der Waals surface area contributed by atoms with Crippen LogP contribution in [0.15, 0.2) is 0 Å². The number of ether oxygens (including phenoxy) is 1. The molecule has 0 saturated heterocycles. The minimum Gasteiger partial charge on any atom is -0.371 e. The van der Waals surface area contributed by atoms with Crippen LogP contribution in [0.4, 0.5) is 13.2 Å². The van der Waals surface area contributed by atoms with Crippen LogP contribution in [-0.4, -0.2) is 43.9 Å². The lowest BCUT2D eigenvalue weighted by molar-refractivity contribution is -0.174. The summed E-state index contributed by atoms with van der Waals surface area (Å²) in [6.07, 6.45) is -3.41. The fourth-order valence-corrected chi connectivity index (χ4v) is 1.07. The monoisotopic (exact) mass is 224 g/mol. The van der Waals surface area contributed by atoms with Crippen molar-refractivity contribution in [1.29, 1.82) is 5.26 Å². The first kappa shape index (κ1) is 14.2. The minimum absolute atomic E-state index is 0.00118. The van der Waals surface area contributed by atoms with Crippen LogP contribution in [0, 0.1) is 11.3 Å². The van der Waals surface area contributed by atoms with Gasteiger partial charge >= 0.3 is 6.18 Å². The summed E-state index contributed by atoms with van der Waals surface area (Å²) < 4.78 is 39.5. The molecule has 0 aromatic heterocycles. The topological polar surface area (TPSA) is 36.3 Å². The van der Waals surface area contributed by atoms with Crippen molar-refractivity contribution in [2.45, 2.75) is 19.5 Å². The smallest absolute Gasteiger partial charge is 0.371 e. The number of halogens is 3. The lowest BCUT2D eigenvalue weighted by atomic mass is 10.4. The van der Waals surface area contributed by atoms with Gasteiger partial charge in [0.15, 0.2) is 0 Å². The Hall–Kier alpha value is -0.800. The summed E-state index contributed by atoms with van der Waals surface area (Å²) in [5.41, 5.74) is 0. The zero-order valence-electron chi connectivity index (χ0n) is 8.68. The normalized spacial score (nSPS) is 11.7. The van der Waals surface area contributed by atoms with Gasteiger partial charge in [0, 0.05) is 6.54 Å². The van der Waals surface area contributed by atoms with Crippen LogP contribution >= 0.6 is 0 Å². The maximum absolute atomic E-state index is 11.7. The quantitative estimate of drug-likeness (QED) is 0.488. The molecule has 6 heteroatoms. The Morgan fingerprint density at radius 3 is 2.47 bits per heavy atom. The number of hydrogen-bond acceptors (Lipinski definition) is 3. The molecule has 0 unspecified atom stereocenters. The number of alkyl halides is 3. The van der Waals surface area contributed by atoms with E-state index in [1.165, 1.54) is 0 Å². The Morgan fingerprint density at radius 2 is 2.00 bits per heavy atom. The number of hydrogen-bond donors (Lipinski definition) is 0. The Morgan fingerprint density at radius 1 is 1.33 bits per heavy atom. The van der Waals surface area contributed by atoms with Crippen molar-refractivity contribution in [1.82, 2.24) is 4.90 Å². The highest BCUT2D eigenvalue weighted by atomic mass is 19.4. The van der Waals surface area contributed by atoms with Gasteiger partial charge in [0.05, 0.1) is 19.2 Å². The molecule has 0 saturated carbocycles. The van der Waals surface area contributed by atoms with E-state index in [1.807, 2.05) is 13.0 Å². The van der Waals surface area contributed by atoms with Gasteiger partial charge in [-0.1, -0.05) is 6.92 Å². The van der Waals surface area contributed by atoms with E-state index < -0.39 is 12.8 Å². The van der Waals surface area contributed by atoms with Crippen LogP contribution in [0.1, 0.15) is 13.3 Å². The molecule has 0 spiro atoms. The number of nitrogens with zero attached hydrogens (tertiary/aromatic N) is 2. The highest BCUT2D eigenvalue weighted by molar-refractivity contribution is 4.75. The van der Waals surface area contributed by atoms with E-state index >= 15 is 0 Å². The molecule has 15 heavy (non-hydrogen) atoms. The summed E-state index contributed by atoms with van der Waals surface area (Å²) in [6.45, 7) is 2.01. The van der Waals surface area contributed by atoms with Gasteiger partial charge in [-0.05, 0) is 13.0 Å². The van der Waals surface area contributed by atoms with Crippen molar-refractivity contribution in [2.75, 3.05) is 32.8 Å². The maximum Gasteiger partial charge on any atom is 0.411 e.